The number of aromatic nitrogens is 4. The molecule has 9 heteroatoms. The van der Waals surface area contributed by atoms with Crippen molar-refractivity contribution in [3.8, 4) is 5.69 Å². The number of halogens is 1. The minimum absolute atomic E-state index is 0.0717. The van der Waals surface area contributed by atoms with Crippen molar-refractivity contribution in [1.29, 1.82) is 0 Å². The molecule has 0 radical (unpaired) electrons. The van der Waals surface area contributed by atoms with Gasteiger partial charge in [-0.2, -0.15) is 0 Å². The third kappa shape index (κ3) is 3.59. The number of anilines is 2. The van der Waals surface area contributed by atoms with Crippen molar-refractivity contribution >= 4 is 34.8 Å². The molecule has 1 aliphatic rings. The number of amides is 2. The van der Waals surface area contributed by atoms with Crippen LogP contribution in [0.3, 0.4) is 0 Å². The standard InChI is InChI=1S/C19H17ClN6O2/c1-12-2-4-14(5-3-12)25-10-13(8-18(25)27)19(28)22-17-9-15(6-7-16(17)20)26-11-21-23-24-26/h2-7,9,11,13H,8,10H2,1H3,(H,22,28)/t13-/m1/s1. The van der Waals surface area contributed by atoms with E-state index in [4.69, 9.17) is 11.6 Å². The van der Waals surface area contributed by atoms with Gasteiger partial charge in [0.1, 0.15) is 6.33 Å². The molecule has 142 valence electrons. The van der Waals surface area contributed by atoms with Gasteiger partial charge in [0.05, 0.1) is 22.3 Å². The summed E-state index contributed by atoms with van der Waals surface area (Å²) >= 11 is 6.22. The molecule has 28 heavy (non-hydrogen) atoms. The fourth-order valence-corrected chi connectivity index (χ4v) is 3.29. The van der Waals surface area contributed by atoms with E-state index in [2.05, 4.69) is 20.8 Å². The highest BCUT2D eigenvalue weighted by Gasteiger charge is 2.35. The Morgan fingerprint density at radius 2 is 1.93 bits per heavy atom. The number of nitrogens with zero attached hydrogens (tertiary/aromatic N) is 5. The Bertz CT molecular complexity index is 1020. The van der Waals surface area contributed by atoms with Crippen LogP contribution in [0.5, 0.6) is 0 Å². The molecular weight excluding hydrogens is 380 g/mol. The summed E-state index contributed by atoms with van der Waals surface area (Å²) in [5.74, 6) is -0.780. The third-order valence-corrected chi connectivity index (χ3v) is 4.99. The molecule has 2 amide bonds. The lowest BCUT2D eigenvalue weighted by Gasteiger charge is -2.17. The maximum atomic E-state index is 12.7. The number of hydrogen-bond donors (Lipinski definition) is 1. The maximum absolute atomic E-state index is 12.7. The lowest BCUT2D eigenvalue weighted by molar-refractivity contribution is -0.122. The van der Waals surface area contributed by atoms with Crippen molar-refractivity contribution in [2.75, 3.05) is 16.8 Å². The molecule has 3 aromatic rings. The molecule has 0 aliphatic carbocycles. The molecule has 1 N–H and O–H groups in total. The highest BCUT2D eigenvalue weighted by atomic mass is 35.5. The van der Waals surface area contributed by atoms with Crippen LogP contribution in [0, 0.1) is 12.8 Å². The van der Waals surface area contributed by atoms with Crippen LogP contribution in [0.1, 0.15) is 12.0 Å². The fraction of sp³-hybridized carbons (Fsp3) is 0.211. The van der Waals surface area contributed by atoms with E-state index < -0.39 is 5.92 Å². The monoisotopic (exact) mass is 396 g/mol. The highest BCUT2D eigenvalue weighted by molar-refractivity contribution is 6.33. The van der Waals surface area contributed by atoms with Gasteiger partial charge in [0.2, 0.25) is 11.8 Å². The minimum Gasteiger partial charge on any atom is -0.324 e. The van der Waals surface area contributed by atoms with Gasteiger partial charge in [-0.15, -0.1) is 5.10 Å². The van der Waals surface area contributed by atoms with Crippen LogP contribution in [0.2, 0.25) is 5.02 Å². The van der Waals surface area contributed by atoms with Gasteiger partial charge in [0, 0.05) is 18.7 Å². The Kier molecular flexibility index (Phi) is 4.79. The molecule has 8 nitrogen and oxygen atoms in total. The summed E-state index contributed by atoms with van der Waals surface area (Å²) < 4.78 is 1.46. The smallest absolute Gasteiger partial charge is 0.229 e. The zero-order valence-corrected chi connectivity index (χ0v) is 15.8. The number of aryl methyl sites for hydroxylation is 1. The molecule has 0 unspecified atom stereocenters. The number of carbonyl (C=O) groups excluding carboxylic acids is 2. The second-order valence-electron chi connectivity index (χ2n) is 6.65. The van der Waals surface area contributed by atoms with Crippen molar-refractivity contribution in [2.24, 2.45) is 5.92 Å². The van der Waals surface area contributed by atoms with Crippen LogP contribution in [-0.4, -0.2) is 38.6 Å². The van der Waals surface area contributed by atoms with Gasteiger partial charge in [-0.3, -0.25) is 9.59 Å². The molecule has 1 fully saturated rings. The van der Waals surface area contributed by atoms with E-state index >= 15 is 0 Å². The first-order chi connectivity index (χ1) is 13.5. The fourth-order valence-electron chi connectivity index (χ4n) is 3.12. The summed E-state index contributed by atoms with van der Waals surface area (Å²) in [7, 11) is 0. The van der Waals surface area contributed by atoms with Crippen LogP contribution in [0.25, 0.3) is 5.69 Å². The maximum Gasteiger partial charge on any atom is 0.229 e. The predicted molar refractivity (Wildman–Crippen MR) is 104 cm³/mol. The zero-order valence-electron chi connectivity index (χ0n) is 15.0. The summed E-state index contributed by atoms with van der Waals surface area (Å²) in [6.45, 7) is 2.32. The molecule has 4 rings (SSSR count). The quantitative estimate of drug-likeness (QED) is 0.731. The normalized spacial score (nSPS) is 16.4. The Morgan fingerprint density at radius 1 is 1.18 bits per heavy atom. The van der Waals surface area contributed by atoms with Gasteiger partial charge < -0.3 is 10.2 Å². The largest absolute Gasteiger partial charge is 0.324 e. The van der Waals surface area contributed by atoms with E-state index in [9.17, 15) is 9.59 Å². The Hall–Kier alpha value is -3.26. The van der Waals surface area contributed by atoms with Gasteiger partial charge in [-0.25, -0.2) is 4.68 Å². The summed E-state index contributed by atoms with van der Waals surface area (Å²) in [4.78, 5) is 26.8. The molecule has 0 bridgehead atoms. The number of benzene rings is 2. The van der Waals surface area contributed by atoms with Gasteiger partial charge in [-0.1, -0.05) is 29.3 Å². The molecular formula is C19H17ClN6O2. The molecule has 1 atom stereocenters. The lowest BCUT2D eigenvalue weighted by atomic mass is 10.1. The summed E-state index contributed by atoms with van der Waals surface area (Å²) in [6.07, 6.45) is 1.61. The number of nitrogens with one attached hydrogen (secondary N) is 1. The van der Waals surface area contributed by atoms with Crippen molar-refractivity contribution < 1.29 is 9.59 Å². The third-order valence-electron chi connectivity index (χ3n) is 4.66. The average Bonchev–Trinajstić information content (AvgIpc) is 3.34. The van der Waals surface area contributed by atoms with E-state index in [1.807, 2.05) is 31.2 Å². The van der Waals surface area contributed by atoms with Crippen LogP contribution >= 0.6 is 11.6 Å². The van der Waals surface area contributed by atoms with Crippen molar-refractivity contribution in [2.45, 2.75) is 13.3 Å². The second kappa shape index (κ2) is 7.40. The number of hydrogen-bond acceptors (Lipinski definition) is 5. The van der Waals surface area contributed by atoms with E-state index in [1.54, 1.807) is 23.1 Å². The van der Waals surface area contributed by atoms with E-state index in [-0.39, 0.29) is 18.2 Å². The van der Waals surface area contributed by atoms with Gasteiger partial charge in [0.25, 0.3) is 0 Å². The van der Waals surface area contributed by atoms with Crippen LogP contribution in [-0.2, 0) is 9.59 Å². The summed E-state index contributed by atoms with van der Waals surface area (Å²) in [6, 6.07) is 12.8. The van der Waals surface area contributed by atoms with Gasteiger partial charge in [-0.05, 0) is 47.7 Å². The van der Waals surface area contributed by atoms with Crippen molar-refractivity contribution in [3.63, 3.8) is 0 Å². The molecule has 2 heterocycles. The molecule has 2 aromatic carbocycles. The van der Waals surface area contributed by atoms with Crippen molar-refractivity contribution in [3.05, 3.63) is 59.4 Å². The van der Waals surface area contributed by atoms with Crippen molar-refractivity contribution in [1.82, 2.24) is 20.2 Å². The first kappa shape index (κ1) is 18.1. The topological polar surface area (TPSA) is 93.0 Å². The predicted octanol–water partition coefficient (Wildman–Crippen LogP) is 2.62. The number of rotatable bonds is 4. The lowest BCUT2D eigenvalue weighted by Crippen LogP contribution is -2.28. The zero-order chi connectivity index (χ0) is 19.7. The van der Waals surface area contributed by atoms with Crippen LogP contribution in [0.15, 0.2) is 48.8 Å². The highest BCUT2D eigenvalue weighted by Crippen LogP contribution is 2.29. The Balaban J connectivity index is 1.49. The SMILES string of the molecule is Cc1ccc(N2C[C@H](C(=O)Nc3cc(-n4cnnn4)ccc3Cl)CC2=O)cc1. The molecule has 0 spiro atoms. The second-order valence-corrected chi connectivity index (χ2v) is 7.06. The van der Waals surface area contributed by atoms with E-state index in [0.717, 1.165) is 11.3 Å². The first-order valence-corrected chi connectivity index (χ1v) is 9.10. The summed E-state index contributed by atoms with van der Waals surface area (Å²) in [5.41, 5.74) is 3.01. The van der Waals surface area contributed by atoms with Crippen LogP contribution < -0.4 is 10.2 Å². The van der Waals surface area contributed by atoms with E-state index in [0.29, 0.717) is 22.9 Å². The molecule has 0 saturated carbocycles. The minimum atomic E-state index is -0.457. The van der Waals surface area contributed by atoms with Gasteiger partial charge >= 0.3 is 0 Å². The average molecular weight is 397 g/mol. The molecule has 1 saturated heterocycles. The van der Waals surface area contributed by atoms with Gasteiger partial charge in [0.15, 0.2) is 0 Å². The number of tetrazole rings is 1. The van der Waals surface area contributed by atoms with Crippen LogP contribution in [0.4, 0.5) is 11.4 Å². The molecule has 1 aromatic heterocycles. The van der Waals surface area contributed by atoms with E-state index in [1.165, 1.54) is 11.0 Å². The number of carbonyl (C=O) groups is 2. The first-order valence-electron chi connectivity index (χ1n) is 8.72. The Morgan fingerprint density at radius 3 is 2.64 bits per heavy atom. The molecule has 1 aliphatic heterocycles. The Labute approximate surface area is 166 Å². The summed E-state index contributed by atoms with van der Waals surface area (Å²) in [5, 5.41) is 14.2.